The second-order valence-electron chi connectivity index (χ2n) is 6.00. The van der Waals surface area contributed by atoms with Crippen LogP contribution in [0.3, 0.4) is 0 Å². The molecule has 68 valence electrons. The summed E-state index contributed by atoms with van der Waals surface area (Å²) in [7, 11) is 0. The maximum Gasteiger partial charge on any atom is 0.0658 e. The summed E-state index contributed by atoms with van der Waals surface area (Å²) in [4.78, 5) is 0. The molecular formula is C11H18O. The van der Waals surface area contributed by atoms with Gasteiger partial charge in [-0.05, 0) is 55.8 Å². The summed E-state index contributed by atoms with van der Waals surface area (Å²) in [6.07, 6.45) is 7.51. The van der Waals surface area contributed by atoms with Crippen molar-refractivity contribution in [3.8, 4) is 0 Å². The largest absolute Gasteiger partial charge is 0.390 e. The molecule has 0 spiro atoms. The fourth-order valence-corrected chi connectivity index (χ4v) is 4.67. The number of hydrogen-bond acceptors (Lipinski definition) is 1. The average Bonchev–Trinajstić information content (AvgIpc) is 1.75. The SMILES string of the molecule is CC12C[C@@H]3C[C@@H](C1)CC(O)(C3)C2. The Morgan fingerprint density at radius 1 is 1.08 bits per heavy atom. The first-order chi connectivity index (χ1) is 5.57. The zero-order chi connectivity index (χ0) is 8.40. The fraction of sp³-hybridized carbons (Fsp3) is 1.00. The predicted molar refractivity (Wildman–Crippen MR) is 47.7 cm³/mol. The van der Waals surface area contributed by atoms with Crippen LogP contribution >= 0.6 is 0 Å². The van der Waals surface area contributed by atoms with Crippen LogP contribution in [0.15, 0.2) is 0 Å². The van der Waals surface area contributed by atoms with Gasteiger partial charge in [-0.1, -0.05) is 6.92 Å². The number of hydrogen-bond donors (Lipinski definition) is 1. The first kappa shape index (κ1) is 7.37. The summed E-state index contributed by atoms with van der Waals surface area (Å²) in [5, 5.41) is 10.3. The van der Waals surface area contributed by atoms with Crippen LogP contribution in [-0.4, -0.2) is 10.7 Å². The highest BCUT2D eigenvalue weighted by Gasteiger charge is 2.54. The molecule has 0 heterocycles. The van der Waals surface area contributed by atoms with E-state index < -0.39 is 0 Å². The molecule has 1 nitrogen and oxygen atoms in total. The summed E-state index contributed by atoms with van der Waals surface area (Å²) >= 11 is 0. The summed E-state index contributed by atoms with van der Waals surface area (Å²) < 4.78 is 0. The van der Waals surface area contributed by atoms with Crippen molar-refractivity contribution in [3.05, 3.63) is 0 Å². The van der Waals surface area contributed by atoms with E-state index in [4.69, 9.17) is 0 Å². The molecule has 4 saturated carbocycles. The molecule has 2 atom stereocenters. The smallest absolute Gasteiger partial charge is 0.0658 e. The predicted octanol–water partition coefficient (Wildman–Crippen LogP) is 2.34. The van der Waals surface area contributed by atoms with Crippen LogP contribution in [0.5, 0.6) is 0 Å². The molecule has 0 aromatic heterocycles. The van der Waals surface area contributed by atoms with Crippen molar-refractivity contribution in [3.63, 3.8) is 0 Å². The summed E-state index contributed by atoms with van der Waals surface area (Å²) in [5.41, 5.74) is 0.275. The lowest BCUT2D eigenvalue weighted by Crippen LogP contribution is -2.54. The minimum Gasteiger partial charge on any atom is -0.390 e. The fourth-order valence-electron chi connectivity index (χ4n) is 4.67. The van der Waals surface area contributed by atoms with Gasteiger partial charge in [-0.25, -0.2) is 0 Å². The molecule has 0 radical (unpaired) electrons. The third-order valence-electron chi connectivity index (χ3n) is 4.32. The maximum absolute atomic E-state index is 10.3. The monoisotopic (exact) mass is 166 g/mol. The molecule has 4 aliphatic carbocycles. The summed E-state index contributed by atoms with van der Waals surface area (Å²) in [6.45, 7) is 2.38. The van der Waals surface area contributed by atoms with E-state index in [1.807, 2.05) is 0 Å². The van der Waals surface area contributed by atoms with Crippen molar-refractivity contribution in [2.24, 2.45) is 17.3 Å². The molecular weight excluding hydrogens is 148 g/mol. The van der Waals surface area contributed by atoms with Gasteiger partial charge in [0.2, 0.25) is 0 Å². The molecule has 1 N–H and O–H groups in total. The quantitative estimate of drug-likeness (QED) is 0.585. The second-order valence-corrected chi connectivity index (χ2v) is 6.00. The standard InChI is InChI=1S/C11H18O/c1-10-3-8-2-9(4-10)6-11(12,5-8)7-10/h8-9,12H,2-7H2,1H3/t8-,9-,10?,11?/m0/s1. The first-order valence-corrected chi connectivity index (χ1v) is 5.29. The molecule has 12 heavy (non-hydrogen) atoms. The molecule has 0 amide bonds. The zero-order valence-corrected chi connectivity index (χ0v) is 7.84. The van der Waals surface area contributed by atoms with Gasteiger partial charge in [0.25, 0.3) is 0 Å². The zero-order valence-electron chi connectivity index (χ0n) is 7.84. The Kier molecular flexibility index (Phi) is 1.16. The summed E-state index contributed by atoms with van der Waals surface area (Å²) in [5.74, 6) is 1.72. The Hall–Kier alpha value is -0.0400. The Balaban J connectivity index is 1.98. The first-order valence-electron chi connectivity index (χ1n) is 5.29. The molecule has 0 unspecified atom stereocenters. The van der Waals surface area contributed by atoms with Crippen molar-refractivity contribution in [1.82, 2.24) is 0 Å². The Bertz CT molecular complexity index is 187. The van der Waals surface area contributed by atoms with E-state index in [2.05, 4.69) is 6.92 Å². The minimum absolute atomic E-state index is 0.237. The van der Waals surface area contributed by atoms with Crippen molar-refractivity contribution < 1.29 is 5.11 Å². The normalized spacial score (nSPS) is 62.5. The third-order valence-corrected chi connectivity index (χ3v) is 4.32. The van der Waals surface area contributed by atoms with Gasteiger partial charge in [-0.2, -0.15) is 0 Å². The van der Waals surface area contributed by atoms with Crippen molar-refractivity contribution in [2.75, 3.05) is 0 Å². The van der Waals surface area contributed by atoms with Gasteiger partial charge in [0.15, 0.2) is 0 Å². The van der Waals surface area contributed by atoms with Crippen LogP contribution in [0.2, 0.25) is 0 Å². The van der Waals surface area contributed by atoms with Crippen LogP contribution < -0.4 is 0 Å². The van der Waals surface area contributed by atoms with E-state index in [1.54, 1.807) is 0 Å². The van der Waals surface area contributed by atoms with Crippen LogP contribution in [0.1, 0.15) is 45.4 Å². The molecule has 4 bridgehead atoms. The van der Waals surface area contributed by atoms with E-state index >= 15 is 0 Å². The van der Waals surface area contributed by atoms with E-state index in [-0.39, 0.29) is 5.60 Å². The highest BCUT2D eigenvalue weighted by molar-refractivity contribution is 5.06. The van der Waals surface area contributed by atoms with Gasteiger partial charge in [0.1, 0.15) is 0 Å². The number of aliphatic hydroxyl groups is 1. The molecule has 4 aliphatic rings. The van der Waals surface area contributed by atoms with Gasteiger partial charge < -0.3 is 5.11 Å². The highest BCUT2D eigenvalue weighted by atomic mass is 16.3. The van der Waals surface area contributed by atoms with Gasteiger partial charge in [0, 0.05) is 0 Å². The van der Waals surface area contributed by atoms with Crippen LogP contribution in [0, 0.1) is 17.3 Å². The van der Waals surface area contributed by atoms with Crippen LogP contribution in [-0.2, 0) is 0 Å². The Labute approximate surface area is 74.2 Å². The molecule has 4 fully saturated rings. The molecule has 0 aliphatic heterocycles. The van der Waals surface area contributed by atoms with E-state index in [1.165, 1.54) is 19.3 Å². The third kappa shape index (κ3) is 0.891. The molecule has 4 rings (SSSR count). The van der Waals surface area contributed by atoms with E-state index in [0.29, 0.717) is 5.41 Å². The lowest BCUT2D eigenvalue weighted by Gasteiger charge is -2.59. The Morgan fingerprint density at radius 2 is 1.67 bits per heavy atom. The topological polar surface area (TPSA) is 20.2 Å². The van der Waals surface area contributed by atoms with Crippen molar-refractivity contribution in [1.29, 1.82) is 0 Å². The van der Waals surface area contributed by atoms with E-state index in [0.717, 1.165) is 31.1 Å². The second kappa shape index (κ2) is 1.89. The highest BCUT2D eigenvalue weighted by Crippen LogP contribution is 2.61. The molecule has 0 saturated heterocycles. The van der Waals surface area contributed by atoms with E-state index in [9.17, 15) is 5.11 Å². The molecule has 0 aromatic carbocycles. The molecule has 1 heteroatoms. The van der Waals surface area contributed by atoms with Crippen molar-refractivity contribution >= 4 is 0 Å². The van der Waals surface area contributed by atoms with Gasteiger partial charge in [-0.15, -0.1) is 0 Å². The van der Waals surface area contributed by atoms with Gasteiger partial charge in [-0.3, -0.25) is 0 Å². The lowest BCUT2D eigenvalue weighted by atomic mass is 9.48. The van der Waals surface area contributed by atoms with Crippen LogP contribution in [0.25, 0.3) is 0 Å². The lowest BCUT2D eigenvalue weighted by molar-refractivity contribution is -0.157. The number of rotatable bonds is 0. The summed E-state index contributed by atoms with van der Waals surface area (Å²) in [6, 6.07) is 0. The maximum atomic E-state index is 10.3. The van der Waals surface area contributed by atoms with Gasteiger partial charge in [0.05, 0.1) is 5.60 Å². The van der Waals surface area contributed by atoms with Gasteiger partial charge >= 0.3 is 0 Å². The molecule has 0 aromatic rings. The van der Waals surface area contributed by atoms with Crippen molar-refractivity contribution in [2.45, 2.75) is 51.0 Å². The average molecular weight is 166 g/mol. The Morgan fingerprint density at radius 3 is 2.08 bits per heavy atom. The van der Waals surface area contributed by atoms with Crippen LogP contribution in [0.4, 0.5) is 0 Å². The minimum atomic E-state index is -0.237.